The van der Waals surface area contributed by atoms with Gasteiger partial charge in [-0.15, -0.1) is 12.4 Å². The summed E-state index contributed by atoms with van der Waals surface area (Å²) < 4.78 is 66.9. The third kappa shape index (κ3) is 4.00. The van der Waals surface area contributed by atoms with E-state index in [4.69, 9.17) is 5.73 Å². The predicted molar refractivity (Wildman–Crippen MR) is 71.6 cm³/mol. The molecule has 1 aromatic rings. The number of sulfonamides is 1. The van der Waals surface area contributed by atoms with Gasteiger partial charge in [-0.2, -0.15) is 13.1 Å². The van der Waals surface area contributed by atoms with E-state index in [0.29, 0.717) is 12.5 Å². The van der Waals surface area contributed by atoms with Gasteiger partial charge in [0.25, 0.3) is 0 Å². The largest absolute Gasteiger partial charge is 0.432 e. The minimum atomic E-state index is -3.87. The second-order valence-corrected chi connectivity index (χ2v) is 6.32. The quantitative estimate of drug-likeness (QED) is 0.898. The Balaban J connectivity index is 0.00000220. The Labute approximate surface area is 126 Å². The zero-order chi connectivity index (χ0) is 14.9. The number of nitrogens with zero attached hydrogens (tertiary/aromatic N) is 1. The van der Waals surface area contributed by atoms with E-state index in [1.165, 1.54) is 0 Å². The average Bonchev–Trinajstić information content (AvgIpc) is 2.78. The molecule has 0 unspecified atom stereocenters. The molecule has 1 aliphatic rings. The second kappa shape index (κ2) is 6.82. The molecule has 0 spiro atoms. The van der Waals surface area contributed by atoms with E-state index in [0.717, 1.165) is 16.4 Å². The van der Waals surface area contributed by atoms with Crippen molar-refractivity contribution in [2.45, 2.75) is 24.0 Å². The number of rotatable bonds is 4. The molecule has 2 rings (SSSR count). The van der Waals surface area contributed by atoms with E-state index in [9.17, 15) is 21.6 Å². The Morgan fingerprint density at radius 1 is 1.38 bits per heavy atom. The second-order valence-electron chi connectivity index (χ2n) is 4.38. The summed E-state index contributed by atoms with van der Waals surface area (Å²) in [6.45, 7) is -2.77. The molecule has 1 atom stereocenters. The van der Waals surface area contributed by atoms with Crippen molar-refractivity contribution in [1.29, 1.82) is 0 Å². The Morgan fingerprint density at radius 2 is 2.05 bits per heavy atom. The SMILES string of the molecule is Cl.N[C@@H]1CCN(S(=O)(=O)c2ccc(OC(F)F)c(F)c2)C1. The van der Waals surface area contributed by atoms with Crippen LogP contribution in [0.15, 0.2) is 23.1 Å². The molecule has 5 nitrogen and oxygen atoms in total. The molecule has 10 heteroatoms. The maximum atomic E-state index is 13.5. The molecular formula is C11H14ClF3N2O3S. The van der Waals surface area contributed by atoms with Gasteiger partial charge >= 0.3 is 6.61 Å². The molecule has 1 saturated heterocycles. The lowest BCUT2D eigenvalue weighted by Gasteiger charge is -2.16. The fraction of sp³-hybridized carbons (Fsp3) is 0.455. The predicted octanol–water partition coefficient (Wildman–Crippen LogP) is 1.57. The molecule has 0 radical (unpaired) electrons. The highest BCUT2D eigenvalue weighted by Gasteiger charge is 2.31. The Bertz CT molecular complexity index is 600. The lowest BCUT2D eigenvalue weighted by atomic mass is 10.3. The number of hydrogen-bond donors (Lipinski definition) is 1. The van der Waals surface area contributed by atoms with Crippen molar-refractivity contribution >= 4 is 22.4 Å². The summed E-state index contributed by atoms with van der Waals surface area (Å²) in [4.78, 5) is -0.314. The van der Waals surface area contributed by atoms with Crippen LogP contribution in [0.5, 0.6) is 5.75 Å². The third-order valence-electron chi connectivity index (χ3n) is 2.94. The average molecular weight is 347 g/mol. The van der Waals surface area contributed by atoms with Crippen LogP contribution in [0.2, 0.25) is 0 Å². The highest BCUT2D eigenvalue weighted by Crippen LogP contribution is 2.26. The fourth-order valence-electron chi connectivity index (χ4n) is 1.95. The highest BCUT2D eigenvalue weighted by atomic mass is 35.5. The summed E-state index contributed by atoms with van der Waals surface area (Å²) in [6, 6.07) is 2.30. The molecule has 0 bridgehead atoms. The van der Waals surface area contributed by atoms with Gasteiger partial charge in [-0.05, 0) is 24.6 Å². The van der Waals surface area contributed by atoms with Gasteiger partial charge in [-0.25, -0.2) is 12.8 Å². The molecule has 0 aliphatic carbocycles. The van der Waals surface area contributed by atoms with Gasteiger partial charge < -0.3 is 10.5 Å². The first kappa shape index (κ1) is 18.0. The van der Waals surface area contributed by atoms with Gasteiger partial charge in [0.05, 0.1) is 4.90 Å². The van der Waals surface area contributed by atoms with Crippen LogP contribution in [-0.4, -0.2) is 38.5 Å². The molecule has 1 aromatic carbocycles. The van der Waals surface area contributed by atoms with Crippen LogP contribution in [0, 0.1) is 5.82 Å². The fourth-order valence-corrected chi connectivity index (χ4v) is 3.48. The first-order valence-corrected chi connectivity index (χ1v) is 7.25. The van der Waals surface area contributed by atoms with Crippen LogP contribution >= 0.6 is 12.4 Å². The zero-order valence-electron chi connectivity index (χ0n) is 10.7. The lowest BCUT2D eigenvalue weighted by Crippen LogP contribution is -2.32. The molecule has 1 fully saturated rings. The molecular weight excluding hydrogens is 333 g/mol. The summed E-state index contributed by atoms with van der Waals surface area (Å²) in [5, 5.41) is 0. The molecule has 120 valence electrons. The lowest BCUT2D eigenvalue weighted by molar-refractivity contribution is -0.0522. The van der Waals surface area contributed by atoms with Crippen molar-refractivity contribution in [1.82, 2.24) is 4.31 Å². The van der Waals surface area contributed by atoms with Gasteiger partial charge in [-0.3, -0.25) is 0 Å². The monoisotopic (exact) mass is 346 g/mol. The number of alkyl halides is 2. The molecule has 21 heavy (non-hydrogen) atoms. The van der Waals surface area contributed by atoms with Crippen molar-refractivity contribution in [2.24, 2.45) is 5.73 Å². The first-order valence-electron chi connectivity index (χ1n) is 5.81. The summed E-state index contributed by atoms with van der Waals surface area (Å²) in [7, 11) is -3.87. The van der Waals surface area contributed by atoms with Crippen LogP contribution in [0.4, 0.5) is 13.2 Å². The van der Waals surface area contributed by atoms with E-state index in [1.54, 1.807) is 0 Å². The maximum absolute atomic E-state index is 13.5. The molecule has 0 aromatic heterocycles. The number of hydrogen-bond acceptors (Lipinski definition) is 4. The number of halogens is 4. The maximum Gasteiger partial charge on any atom is 0.387 e. The molecule has 1 aliphatic heterocycles. The summed E-state index contributed by atoms with van der Waals surface area (Å²) in [6.07, 6.45) is 0.522. The Hall–Kier alpha value is -1.03. The molecule has 0 amide bonds. The number of nitrogens with two attached hydrogens (primary N) is 1. The van der Waals surface area contributed by atoms with Crippen molar-refractivity contribution in [3.63, 3.8) is 0 Å². The first-order chi connectivity index (χ1) is 9.30. The number of benzene rings is 1. The Morgan fingerprint density at radius 3 is 2.52 bits per heavy atom. The highest BCUT2D eigenvalue weighted by molar-refractivity contribution is 7.89. The summed E-state index contributed by atoms with van der Waals surface area (Å²) >= 11 is 0. The van der Waals surface area contributed by atoms with Crippen LogP contribution < -0.4 is 10.5 Å². The van der Waals surface area contributed by atoms with Crippen molar-refractivity contribution in [3.05, 3.63) is 24.0 Å². The molecule has 2 N–H and O–H groups in total. The zero-order valence-corrected chi connectivity index (χ0v) is 12.3. The van der Waals surface area contributed by atoms with Gasteiger partial charge in [0.1, 0.15) is 0 Å². The van der Waals surface area contributed by atoms with E-state index in [2.05, 4.69) is 4.74 Å². The smallest absolute Gasteiger partial charge is 0.387 e. The normalized spacial score (nSPS) is 19.6. The van der Waals surface area contributed by atoms with Crippen LogP contribution in [0.25, 0.3) is 0 Å². The molecule has 0 saturated carbocycles. The third-order valence-corrected chi connectivity index (χ3v) is 4.81. The van der Waals surface area contributed by atoms with E-state index >= 15 is 0 Å². The van der Waals surface area contributed by atoms with E-state index < -0.39 is 28.2 Å². The minimum absolute atomic E-state index is 0. The van der Waals surface area contributed by atoms with Crippen molar-refractivity contribution in [3.8, 4) is 5.75 Å². The topological polar surface area (TPSA) is 72.6 Å². The minimum Gasteiger partial charge on any atom is -0.432 e. The van der Waals surface area contributed by atoms with Gasteiger partial charge in [0, 0.05) is 19.1 Å². The van der Waals surface area contributed by atoms with E-state index in [1.807, 2.05) is 0 Å². The summed E-state index contributed by atoms with van der Waals surface area (Å²) in [5.74, 6) is -1.85. The van der Waals surface area contributed by atoms with Gasteiger partial charge in [0.15, 0.2) is 11.6 Å². The standard InChI is InChI=1S/C11H13F3N2O3S.ClH/c12-9-5-8(1-2-10(9)19-11(13)14)20(17,18)16-4-3-7(15)6-16;/h1-2,5,7,11H,3-4,6,15H2;1H/t7-;/m1./s1. The van der Waals surface area contributed by atoms with Crippen LogP contribution in [0.3, 0.4) is 0 Å². The van der Waals surface area contributed by atoms with Crippen molar-refractivity contribution in [2.75, 3.05) is 13.1 Å². The van der Waals surface area contributed by atoms with Crippen LogP contribution in [-0.2, 0) is 10.0 Å². The van der Waals surface area contributed by atoms with E-state index in [-0.39, 0.29) is 36.4 Å². The van der Waals surface area contributed by atoms with Crippen LogP contribution in [0.1, 0.15) is 6.42 Å². The van der Waals surface area contributed by atoms with Crippen molar-refractivity contribution < 1.29 is 26.3 Å². The Kier molecular flexibility index (Phi) is 5.85. The number of ether oxygens (including phenoxy) is 1. The molecule has 1 heterocycles. The van der Waals surface area contributed by atoms with Gasteiger partial charge in [0.2, 0.25) is 10.0 Å². The van der Waals surface area contributed by atoms with Gasteiger partial charge in [-0.1, -0.05) is 0 Å². The summed E-state index contributed by atoms with van der Waals surface area (Å²) in [5.41, 5.74) is 5.63.